The molecule has 1 saturated heterocycles. The lowest BCUT2D eigenvalue weighted by molar-refractivity contribution is -0.0199. The molecule has 3 N–H and O–H groups in total. The normalized spacial score (nSPS) is 25.6. The van der Waals surface area contributed by atoms with Crippen molar-refractivity contribution in [1.82, 2.24) is 19.5 Å². The maximum absolute atomic E-state index is 9.20. The molecule has 1 aliphatic rings. The summed E-state index contributed by atoms with van der Waals surface area (Å²) in [5, 5.41) is 8.91. The van der Waals surface area contributed by atoms with Crippen molar-refractivity contribution in [3.05, 3.63) is 6.33 Å². The average molecular weight is 314 g/mol. The predicted molar refractivity (Wildman–Crippen MR) is 76.2 cm³/mol. The Bertz CT molecular complexity index is 649. The number of hydrogen-bond donors (Lipinski definition) is 2. The van der Waals surface area contributed by atoms with Gasteiger partial charge in [-0.15, -0.1) is 11.6 Å². The largest absolute Gasteiger partial charge is 0.476 e. The van der Waals surface area contributed by atoms with E-state index in [0.29, 0.717) is 30.1 Å². The molecule has 9 heteroatoms. The fourth-order valence-electron chi connectivity index (χ4n) is 2.39. The lowest BCUT2D eigenvalue weighted by atomic mass is 10.2. The van der Waals surface area contributed by atoms with E-state index in [-0.39, 0.29) is 24.0 Å². The number of nitrogen functional groups attached to an aromatic ring is 1. The van der Waals surface area contributed by atoms with E-state index in [1.54, 1.807) is 10.9 Å². The first-order valence-electron chi connectivity index (χ1n) is 6.67. The van der Waals surface area contributed by atoms with Gasteiger partial charge in [0.1, 0.15) is 0 Å². The number of alkyl halides is 1. The van der Waals surface area contributed by atoms with Crippen LogP contribution in [0.1, 0.15) is 19.6 Å². The molecule has 0 radical (unpaired) electrons. The summed E-state index contributed by atoms with van der Waals surface area (Å²) >= 11 is 6.29. The molecule has 1 fully saturated rings. The van der Waals surface area contributed by atoms with Crippen LogP contribution in [-0.4, -0.2) is 49.3 Å². The van der Waals surface area contributed by atoms with Gasteiger partial charge >= 0.3 is 0 Å². The molecule has 0 bridgehead atoms. The fraction of sp³-hybridized carbons (Fsp3) is 0.583. The maximum Gasteiger partial charge on any atom is 0.247 e. The van der Waals surface area contributed by atoms with Crippen molar-refractivity contribution in [3.63, 3.8) is 0 Å². The number of anilines is 1. The minimum absolute atomic E-state index is 0.0757. The summed E-state index contributed by atoms with van der Waals surface area (Å²) in [6, 6.07) is 0. The highest BCUT2D eigenvalue weighted by atomic mass is 35.5. The highest BCUT2D eigenvalue weighted by Gasteiger charge is 2.36. The summed E-state index contributed by atoms with van der Waals surface area (Å²) in [7, 11) is 0. The number of fused-ring (bicyclic) bond motifs is 1. The molecule has 8 nitrogen and oxygen atoms in total. The minimum Gasteiger partial charge on any atom is -0.476 e. The lowest BCUT2D eigenvalue weighted by Gasteiger charge is -2.16. The number of aromatic nitrogens is 4. The molecule has 0 amide bonds. The molecule has 21 heavy (non-hydrogen) atoms. The number of halogens is 1. The predicted octanol–water partition coefficient (Wildman–Crippen LogP) is 0.694. The van der Waals surface area contributed by atoms with Crippen molar-refractivity contribution < 1.29 is 14.6 Å². The van der Waals surface area contributed by atoms with Crippen LogP contribution in [0, 0.1) is 0 Å². The first-order chi connectivity index (χ1) is 10.1. The topological polar surface area (TPSA) is 108 Å². The SMILES string of the molecule is CCOc1nc(N)nc2c1ncn2C1OC(CO)CC1Cl. The Morgan fingerprint density at radius 3 is 3.05 bits per heavy atom. The van der Waals surface area contributed by atoms with Crippen LogP contribution in [0.4, 0.5) is 5.95 Å². The van der Waals surface area contributed by atoms with E-state index in [1.165, 1.54) is 0 Å². The van der Waals surface area contributed by atoms with Crippen LogP contribution in [0.25, 0.3) is 11.2 Å². The van der Waals surface area contributed by atoms with Crippen molar-refractivity contribution in [2.45, 2.75) is 31.1 Å². The summed E-state index contributed by atoms with van der Waals surface area (Å²) in [5.74, 6) is 0.428. The quantitative estimate of drug-likeness (QED) is 0.799. The van der Waals surface area contributed by atoms with Crippen LogP contribution in [0.3, 0.4) is 0 Å². The second-order valence-corrected chi connectivity index (χ2v) is 5.29. The highest BCUT2D eigenvalue weighted by molar-refractivity contribution is 6.21. The molecule has 3 atom stereocenters. The van der Waals surface area contributed by atoms with E-state index in [1.807, 2.05) is 6.92 Å². The van der Waals surface area contributed by atoms with Gasteiger partial charge < -0.3 is 20.3 Å². The lowest BCUT2D eigenvalue weighted by Crippen LogP contribution is -2.16. The van der Waals surface area contributed by atoms with Gasteiger partial charge in [0.25, 0.3) is 0 Å². The smallest absolute Gasteiger partial charge is 0.247 e. The van der Waals surface area contributed by atoms with Crippen molar-refractivity contribution in [2.24, 2.45) is 0 Å². The zero-order chi connectivity index (χ0) is 15.0. The number of aliphatic hydroxyl groups is 1. The van der Waals surface area contributed by atoms with Gasteiger partial charge in [0.2, 0.25) is 11.8 Å². The Kier molecular flexibility index (Phi) is 3.83. The number of nitrogens with two attached hydrogens (primary N) is 1. The average Bonchev–Trinajstić information content (AvgIpc) is 3.02. The zero-order valence-electron chi connectivity index (χ0n) is 11.4. The van der Waals surface area contributed by atoms with E-state index in [0.717, 1.165) is 0 Å². The molecular formula is C12H16ClN5O3. The summed E-state index contributed by atoms with van der Waals surface area (Å²) in [5.41, 5.74) is 6.72. The number of nitrogens with zero attached hydrogens (tertiary/aromatic N) is 4. The molecule has 0 aliphatic carbocycles. The second kappa shape index (κ2) is 5.63. The molecule has 3 rings (SSSR count). The van der Waals surface area contributed by atoms with Crippen LogP contribution < -0.4 is 10.5 Å². The van der Waals surface area contributed by atoms with Crippen molar-refractivity contribution in [3.8, 4) is 5.88 Å². The van der Waals surface area contributed by atoms with Crippen LogP contribution >= 0.6 is 11.6 Å². The number of aliphatic hydroxyl groups excluding tert-OH is 1. The molecule has 0 saturated carbocycles. The number of ether oxygens (including phenoxy) is 2. The van der Waals surface area contributed by atoms with Crippen LogP contribution in [0.5, 0.6) is 5.88 Å². The van der Waals surface area contributed by atoms with Crippen LogP contribution in [0.15, 0.2) is 6.33 Å². The van der Waals surface area contributed by atoms with E-state index < -0.39 is 6.23 Å². The molecule has 2 aromatic heterocycles. The van der Waals surface area contributed by atoms with Crippen LogP contribution in [0.2, 0.25) is 0 Å². The monoisotopic (exact) mass is 313 g/mol. The Morgan fingerprint density at radius 1 is 1.57 bits per heavy atom. The Labute approximate surface area is 125 Å². The van der Waals surface area contributed by atoms with Gasteiger partial charge in [-0.05, 0) is 13.3 Å². The molecule has 0 spiro atoms. The highest BCUT2D eigenvalue weighted by Crippen LogP contribution is 2.35. The summed E-state index contributed by atoms with van der Waals surface area (Å²) in [6.07, 6.45) is 1.38. The van der Waals surface area contributed by atoms with Gasteiger partial charge in [0, 0.05) is 0 Å². The van der Waals surface area contributed by atoms with E-state index in [9.17, 15) is 5.11 Å². The third-order valence-corrected chi connectivity index (χ3v) is 3.69. The van der Waals surface area contributed by atoms with Crippen molar-refractivity contribution in [2.75, 3.05) is 18.9 Å². The minimum atomic E-state index is -0.461. The second-order valence-electron chi connectivity index (χ2n) is 4.73. The third-order valence-electron chi connectivity index (χ3n) is 3.29. The Hall–Kier alpha value is -1.64. The zero-order valence-corrected chi connectivity index (χ0v) is 12.2. The molecule has 114 valence electrons. The molecule has 3 heterocycles. The van der Waals surface area contributed by atoms with Gasteiger partial charge in [-0.1, -0.05) is 0 Å². The molecule has 0 aromatic carbocycles. The van der Waals surface area contributed by atoms with E-state index in [2.05, 4.69) is 15.0 Å². The van der Waals surface area contributed by atoms with E-state index in [4.69, 9.17) is 26.8 Å². The molecule has 2 aromatic rings. The third kappa shape index (κ3) is 2.50. The number of imidazole rings is 1. The molecule has 3 unspecified atom stereocenters. The van der Waals surface area contributed by atoms with Crippen molar-refractivity contribution in [1.29, 1.82) is 0 Å². The van der Waals surface area contributed by atoms with Gasteiger partial charge in [-0.2, -0.15) is 9.97 Å². The Morgan fingerprint density at radius 2 is 2.38 bits per heavy atom. The van der Waals surface area contributed by atoms with Gasteiger partial charge in [-0.25, -0.2) is 4.98 Å². The first kappa shape index (κ1) is 14.3. The summed E-state index contributed by atoms with van der Waals surface area (Å²) in [4.78, 5) is 12.5. The standard InChI is InChI=1S/C12H16ClN5O3/c1-2-20-10-8-9(16-12(14)17-10)18(5-15-8)11-7(13)3-6(4-19)21-11/h5-7,11,19H,2-4H2,1H3,(H2,14,16,17). The number of rotatable bonds is 4. The Balaban J connectivity index is 2.04. The fourth-order valence-corrected chi connectivity index (χ4v) is 2.77. The van der Waals surface area contributed by atoms with Crippen molar-refractivity contribution >= 4 is 28.7 Å². The van der Waals surface area contributed by atoms with Gasteiger partial charge in [0.05, 0.1) is 31.0 Å². The summed E-state index contributed by atoms with van der Waals surface area (Å²) in [6.45, 7) is 2.22. The van der Waals surface area contributed by atoms with Gasteiger partial charge in [0.15, 0.2) is 17.4 Å². The molecule has 1 aliphatic heterocycles. The number of hydrogen-bond acceptors (Lipinski definition) is 7. The van der Waals surface area contributed by atoms with Gasteiger partial charge in [-0.3, -0.25) is 4.57 Å². The summed E-state index contributed by atoms with van der Waals surface area (Å²) < 4.78 is 12.8. The molecular weight excluding hydrogens is 298 g/mol. The van der Waals surface area contributed by atoms with E-state index >= 15 is 0 Å². The maximum atomic E-state index is 9.20. The first-order valence-corrected chi connectivity index (χ1v) is 7.11. The van der Waals surface area contributed by atoms with Crippen LogP contribution in [-0.2, 0) is 4.74 Å².